The molecule has 0 atom stereocenters. The molecule has 0 aromatic heterocycles. The van der Waals surface area contributed by atoms with E-state index in [4.69, 9.17) is 6.42 Å². The zero-order chi connectivity index (χ0) is 13.8. The van der Waals surface area contributed by atoms with Gasteiger partial charge >= 0.3 is 0 Å². The summed E-state index contributed by atoms with van der Waals surface area (Å²) in [4.78, 5) is 0.222. The van der Waals surface area contributed by atoms with Crippen molar-refractivity contribution in [1.29, 1.82) is 0 Å². The van der Waals surface area contributed by atoms with Gasteiger partial charge in [0.05, 0.1) is 11.4 Å². The lowest BCUT2D eigenvalue weighted by molar-refractivity contribution is 0.502. The van der Waals surface area contributed by atoms with Gasteiger partial charge in [-0.15, -0.1) is 6.42 Å². The van der Waals surface area contributed by atoms with Crippen LogP contribution in [0.15, 0.2) is 27.6 Å². The first kappa shape index (κ1) is 15.2. The Hall–Kier alpha value is -0.870. The SMILES string of the molecule is C#CCN(C)S(=O)(=O)c1ccc(CNC)cc1Br. The molecule has 1 rings (SSSR count). The molecule has 98 valence electrons. The molecule has 1 N–H and O–H groups in total. The van der Waals surface area contributed by atoms with Gasteiger partial charge < -0.3 is 5.32 Å². The number of rotatable bonds is 5. The number of hydrogen-bond donors (Lipinski definition) is 1. The first-order chi connectivity index (χ1) is 8.43. The second kappa shape index (κ2) is 6.34. The number of nitrogens with zero attached hydrogens (tertiary/aromatic N) is 1. The fourth-order valence-electron chi connectivity index (χ4n) is 1.45. The highest BCUT2D eigenvalue weighted by atomic mass is 79.9. The van der Waals surface area contributed by atoms with E-state index in [1.54, 1.807) is 18.2 Å². The van der Waals surface area contributed by atoms with Crippen LogP contribution < -0.4 is 5.32 Å². The lowest BCUT2D eigenvalue weighted by atomic mass is 10.2. The Kier molecular flexibility index (Phi) is 5.35. The maximum Gasteiger partial charge on any atom is 0.244 e. The zero-order valence-corrected chi connectivity index (χ0v) is 12.7. The number of sulfonamides is 1. The molecule has 0 aliphatic carbocycles. The number of hydrogen-bond acceptors (Lipinski definition) is 3. The van der Waals surface area contributed by atoms with Crippen LogP contribution in [0.25, 0.3) is 0 Å². The van der Waals surface area contributed by atoms with Gasteiger partial charge in [0.2, 0.25) is 10.0 Å². The molecule has 0 spiro atoms. The molecule has 1 aromatic rings. The average Bonchev–Trinajstić information content (AvgIpc) is 2.29. The summed E-state index contributed by atoms with van der Waals surface area (Å²) in [5.74, 6) is 2.32. The maximum atomic E-state index is 12.2. The second-order valence-corrected chi connectivity index (χ2v) is 6.63. The van der Waals surface area contributed by atoms with Gasteiger partial charge in [-0.05, 0) is 40.7 Å². The van der Waals surface area contributed by atoms with Gasteiger partial charge in [-0.25, -0.2) is 8.42 Å². The van der Waals surface area contributed by atoms with E-state index in [0.29, 0.717) is 11.0 Å². The van der Waals surface area contributed by atoms with Crippen molar-refractivity contribution >= 4 is 26.0 Å². The van der Waals surface area contributed by atoms with E-state index in [1.165, 1.54) is 7.05 Å². The van der Waals surface area contributed by atoms with Crippen LogP contribution in [-0.2, 0) is 16.6 Å². The lowest BCUT2D eigenvalue weighted by Crippen LogP contribution is -2.27. The van der Waals surface area contributed by atoms with Gasteiger partial charge in [0, 0.05) is 18.1 Å². The van der Waals surface area contributed by atoms with Crippen molar-refractivity contribution in [2.24, 2.45) is 0 Å². The third-order valence-electron chi connectivity index (χ3n) is 2.38. The first-order valence-electron chi connectivity index (χ1n) is 5.26. The van der Waals surface area contributed by atoms with Crippen LogP contribution in [0.4, 0.5) is 0 Å². The lowest BCUT2D eigenvalue weighted by Gasteiger charge is -2.16. The summed E-state index contributed by atoms with van der Waals surface area (Å²) in [6, 6.07) is 5.14. The zero-order valence-electron chi connectivity index (χ0n) is 10.3. The highest BCUT2D eigenvalue weighted by Gasteiger charge is 2.22. The Bertz CT molecular complexity index is 564. The first-order valence-corrected chi connectivity index (χ1v) is 7.49. The smallest absolute Gasteiger partial charge is 0.244 e. The molecule has 0 heterocycles. The van der Waals surface area contributed by atoms with Crippen LogP contribution in [0.5, 0.6) is 0 Å². The molecule has 0 fully saturated rings. The normalized spacial score (nSPS) is 11.5. The van der Waals surface area contributed by atoms with Crippen LogP contribution in [0.1, 0.15) is 5.56 Å². The van der Waals surface area contributed by atoms with Crippen molar-refractivity contribution in [3.63, 3.8) is 0 Å². The summed E-state index contributed by atoms with van der Waals surface area (Å²) in [6.07, 6.45) is 5.13. The van der Waals surface area contributed by atoms with E-state index in [1.807, 2.05) is 7.05 Å². The van der Waals surface area contributed by atoms with Gasteiger partial charge in [-0.3, -0.25) is 0 Å². The van der Waals surface area contributed by atoms with Gasteiger partial charge in [0.25, 0.3) is 0 Å². The molecular weight excluding hydrogens is 316 g/mol. The average molecular weight is 331 g/mol. The highest BCUT2D eigenvalue weighted by Crippen LogP contribution is 2.25. The number of halogens is 1. The van der Waals surface area contributed by atoms with Crippen LogP contribution >= 0.6 is 15.9 Å². The predicted molar refractivity (Wildman–Crippen MR) is 75.6 cm³/mol. The molecule has 0 radical (unpaired) electrons. The third-order valence-corrected chi connectivity index (χ3v) is 5.16. The minimum Gasteiger partial charge on any atom is -0.316 e. The van der Waals surface area contributed by atoms with E-state index < -0.39 is 10.0 Å². The fraction of sp³-hybridized carbons (Fsp3) is 0.333. The van der Waals surface area contributed by atoms with Gasteiger partial charge in [0.15, 0.2) is 0 Å². The van der Waals surface area contributed by atoms with E-state index in [9.17, 15) is 8.42 Å². The molecule has 0 amide bonds. The summed E-state index contributed by atoms with van der Waals surface area (Å²) < 4.78 is 26.1. The number of benzene rings is 1. The van der Waals surface area contributed by atoms with Crippen molar-refractivity contribution in [3.8, 4) is 12.3 Å². The number of nitrogens with one attached hydrogen (secondary N) is 1. The summed E-state index contributed by atoms with van der Waals surface area (Å²) in [6.45, 7) is 0.728. The standard InChI is InChI=1S/C12H15BrN2O2S/c1-4-7-15(3)18(16,17)12-6-5-10(9-14-2)8-11(12)13/h1,5-6,8,14H,7,9H2,2-3H3. The van der Waals surface area contributed by atoms with Crippen LogP contribution in [0.2, 0.25) is 0 Å². The minimum atomic E-state index is -3.54. The molecule has 0 aliphatic rings. The third kappa shape index (κ3) is 3.33. The van der Waals surface area contributed by atoms with Crippen molar-refractivity contribution < 1.29 is 8.42 Å². The molecule has 4 nitrogen and oxygen atoms in total. The molecule has 0 aliphatic heterocycles. The van der Waals surface area contributed by atoms with Gasteiger partial charge in [-0.1, -0.05) is 12.0 Å². The highest BCUT2D eigenvalue weighted by molar-refractivity contribution is 9.10. The minimum absolute atomic E-state index is 0.0487. The topological polar surface area (TPSA) is 49.4 Å². The van der Waals surface area contributed by atoms with E-state index >= 15 is 0 Å². The molecule has 0 saturated carbocycles. The Labute approximate surface area is 117 Å². The molecule has 6 heteroatoms. The Morgan fingerprint density at radius 2 is 2.17 bits per heavy atom. The van der Waals surface area contributed by atoms with Crippen LogP contribution in [-0.4, -0.2) is 33.4 Å². The summed E-state index contributed by atoms with van der Waals surface area (Å²) >= 11 is 3.29. The maximum absolute atomic E-state index is 12.2. The molecule has 0 unspecified atom stereocenters. The monoisotopic (exact) mass is 330 g/mol. The molecule has 0 bridgehead atoms. The van der Waals surface area contributed by atoms with E-state index in [2.05, 4.69) is 27.2 Å². The van der Waals surface area contributed by atoms with Crippen molar-refractivity contribution in [3.05, 3.63) is 28.2 Å². The molecule has 1 aromatic carbocycles. The quantitative estimate of drug-likeness (QED) is 0.831. The summed E-state index contributed by atoms with van der Waals surface area (Å²) in [5, 5.41) is 3.01. The largest absolute Gasteiger partial charge is 0.316 e. The summed E-state index contributed by atoms with van der Waals surface area (Å²) in [7, 11) is -0.246. The Morgan fingerprint density at radius 3 is 2.67 bits per heavy atom. The van der Waals surface area contributed by atoms with Crippen LogP contribution in [0, 0.1) is 12.3 Å². The van der Waals surface area contributed by atoms with Crippen molar-refractivity contribution in [2.45, 2.75) is 11.4 Å². The molecule has 18 heavy (non-hydrogen) atoms. The van der Waals surface area contributed by atoms with Crippen molar-refractivity contribution in [2.75, 3.05) is 20.6 Å². The number of terminal acetylenes is 1. The van der Waals surface area contributed by atoms with Crippen molar-refractivity contribution in [1.82, 2.24) is 9.62 Å². The molecule has 0 saturated heterocycles. The van der Waals surface area contributed by atoms with Crippen LogP contribution in [0.3, 0.4) is 0 Å². The summed E-state index contributed by atoms with van der Waals surface area (Å²) in [5.41, 5.74) is 1.00. The van der Waals surface area contributed by atoms with E-state index in [0.717, 1.165) is 9.87 Å². The fourth-order valence-corrected chi connectivity index (χ4v) is 3.61. The molecular formula is C12H15BrN2O2S. The second-order valence-electron chi connectivity index (χ2n) is 3.76. The predicted octanol–water partition coefficient (Wildman–Crippen LogP) is 1.42. The Morgan fingerprint density at radius 1 is 1.50 bits per heavy atom. The van der Waals surface area contributed by atoms with Gasteiger partial charge in [0.1, 0.15) is 0 Å². The van der Waals surface area contributed by atoms with E-state index in [-0.39, 0.29) is 11.4 Å². The Balaban J connectivity index is 3.15. The van der Waals surface area contributed by atoms with Gasteiger partial charge in [-0.2, -0.15) is 4.31 Å².